The van der Waals surface area contributed by atoms with Gasteiger partial charge in [0.2, 0.25) is 0 Å². The molecule has 2 heterocycles. The molecule has 0 aliphatic rings. The first kappa shape index (κ1) is 21.8. The molecule has 0 unspecified atom stereocenters. The number of hydrogen-bond acceptors (Lipinski definition) is 3. The number of carbonyl (C=O) groups excluding carboxylic acids is 1. The molecule has 0 radical (unpaired) electrons. The first-order valence-corrected chi connectivity index (χ1v) is 11.1. The molecule has 2 aromatic heterocycles. The molecule has 0 aliphatic carbocycles. The smallest absolute Gasteiger partial charge is 0.251 e. The summed E-state index contributed by atoms with van der Waals surface area (Å²) >= 11 is 0. The molecule has 0 fully saturated rings. The molecule has 2 aromatic carbocycles. The fourth-order valence-corrected chi connectivity index (χ4v) is 4.24. The molecule has 0 aliphatic heterocycles. The first-order valence-electron chi connectivity index (χ1n) is 11.1. The lowest BCUT2D eigenvalue weighted by Gasteiger charge is -2.18. The molecule has 32 heavy (non-hydrogen) atoms. The van der Waals surface area contributed by atoms with Crippen molar-refractivity contribution in [2.45, 2.75) is 47.1 Å². The fraction of sp³-hybridized carbons (Fsp3) is 0.296. The highest BCUT2D eigenvalue weighted by Crippen LogP contribution is 2.25. The van der Waals surface area contributed by atoms with Crippen LogP contribution in [-0.4, -0.2) is 27.0 Å². The summed E-state index contributed by atoms with van der Waals surface area (Å²) in [6.07, 6.45) is 4.89. The molecule has 0 bridgehead atoms. The van der Waals surface area contributed by atoms with Crippen molar-refractivity contribution in [3.05, 3.63) is 94.1 Å². The quantitative estimate of drug-likeness (QED) is 0.420. The predicted octanol–water partition coefficient (Wildman–Crippen LogP) is 5.08. The average Bonchev–Trinajstić information content (AvgIpc) is 3.16. The van der Waals surface area contributed by atoms with Crippen LogP contribution in [-0.2, 0) is 13.0 Å². The number of pyridine rings is 1. The average molecular weight is 427 g/mol. The number of imidazole rings is 1. The van der Waals surface area contributed by atoms with Gasteiger partial charge in [0.1, 0.15) is 5.82 Å². The summed E-state index contributed by atoms with van der Waals surface area (Å²) in [6, 6.07) is 14.0. The van der Waals surface area contributed by atoms with Gasteiger partial charge in [0.15, 0.2) is 0 Å². The number of benzene rings is 2. The lowest BCUT2D eigenvalue weighted by Crippen LogP contribution is -2.25. The van der Waals surface area contributed by atoms with Crippen LogP contribution in [0.5, 0.6) is 0 Å². The molecular weight excluding hydrogens is 396 g/mol. The maximum atomic E-state index is 12.3. The van der Waals surface area contributed by atoms with E-state index in [-0.39, 0.29) is 5.91 Å². The van der Waals surface area contributed by atoms with Crippen LogP contribution in [0, 0.1) is 27.7 Å². The minimum atomic E-state index is -0.0672. The normalized spacial score (nSPS) is 11.1. The van der Waals surface area contributed by atoms with Crippen LogP contribution in [0.1, 0.15) is 50.4 Å². The highest BCUT2D eigenvalue weighted by molar-refractivity contribution is 5.93. The largest absolute Gasteiger partial charge is 0.352 e. The summed E-state index contributed by atoms with van der Waals surface area (Å²) in [5.74, 6) is 0.990. The first-order chi connectivity index (χ1) is 15.5. The van der Waals surface area contributed by atoms with E-state index >= 15 is 0 Å². The minimum absolute atomic E-state index is 0.0672. The molecule has 164 valence electrons. The lowest BCUT2D eigenvalue weighted by atomic mass is 9.94. The third kappa shape index (κ3) is 4.42. The van der Waals surface area contributed by atoms with Crippen LogP contribution >= 0.6 is 0 Å². The Morgan fingerprint density at radius 3 is 2.38 bits per heavy atom. The number of nitrogens with one attached hydrogen (secondary N) is 1. The number of aromatic nitrogens is 3. The van der Waals surface area contributed by atoms with Gasteiger partial charge in [-0.25, -0.2) is 4.98 Å². The molecule has 4 aromatic rings. The predicted molar refractivity (Wildman–Crippen MR) is 129 cm³/mol. The van der Waals surface area contributed by atoms with Crippen molar-refractivity contribution in [2.75, 3.05) is 6.54 Å². The van der Waals surface area contributed by atoms with Crippen molar-refractivity contribution in [1.82, 2.24) is 19.9 Å². The van der Waals surface area contributed by atoms with E-state index < -0.39 is 0 Å². The number of aryl methyl sites for hydroxylation is 3. The number of hydrogen-bond donors (Lipinski definition) is 1. The molecule has 1 amide bonds. The SMILES string of the molecule is Cc1cc(C)c(C)c(Cn2c(CCCNC(=O)c3ccncc3)nc3ccccc32)c1C. The zero-order chi connectivity index (χ0) is 22.7. The van der Waals surface area contributed by atoms with E-state index in [0.717, 1.165) is 36.2 Å². The highest BCUT2D eigenvalue weighted by atomic mass is 16.1. The Labute approximate surface area is 189 Å². The van der Waals surface area contributed by atoms with Gasteiger partial charge in [-0.15, -0.1) is 0 Å². The maximum Gasteiger partial charge on any atom is 0.251 e. The number of rotatable bonds is 7. The van der Waals surface area contributed by atoms with Gasteiger partial charge in [0.25, 0.3) is 5.91 Å². The topological polar surface area (TPSA) is 59.8 Å². The van der Waals surface area contributed by atoms with Crippen molar-refractivity contribution < 1.29 is 4.79 Å². The summed E-state index contributed by atoms with van der Waals surface area (Å²) in [6.45, 7) is 10.2. The molecule has 1 N–H and O–H groups in total. The van der Waals surface area contributed by atoms with Gasteiger partial charge in [0.05, 0.1) is 11.0 Å². The van der Waals surface area contributed by atoms with Gasteiger partial charge >= 0.3 is 0 Å². The van der Waals surface area contributed by atoms with Crippen LogP contribution < -0.4 is 5.32 Å². The van der Waals surface area contributed by atoms with Crippen LogP contribution in [0.3, 0.4) is 0 Å². The van der Waals surface area contributed by atoms with Crippen LogP contribution in [0.2, 0.25) is 0 Å². The zero-order valence-corrected chi connectivity index (χ0v) is 19.3. The van der Waals surface area contributed by atoms with Crippen LogP contribution in [0.4, 0.5) is 0 Å². The van der Waals surface area contributed by atoms with Crippen molar-refractivity contribution >= 4 is 16.9 Å². The summed E-state index contributed by atoms with van der Waals surface area (Å²) in [5, 5.41) is 3.00. The van der Waals surface area contributed by atoms with Crippen LogP contribution in [0.15, 0.2) is 54.9 Å². The van der Waals surface area contributed by atoms with E-state index in [4.69, 9.17) is 4.98 Å². The second-order valence-electron chi connectivity index (χ2n) is 8.44. The van der Waals surface area contributed by atoms with Crippen molar-refractivity contribution in [2.24, 2.45) is 0 Å². The Balaban J connectivity index is 1.54. The fourth-order valence-electron chi connectivity index (χ4n) is 4.24. The Hall–Kier alpha value is -3.47. The number of nitrogens with zero attached hydrogens (tertiary/aromatic N) is 3. The Morgan fingerprint density at radius 2 is 1.66 bits per heavy atom. The molecule has 0 spiro atoms. The third-order valence-corrected chi connectivity index (χ3v) is 6.38. The monoisotopic (exact) mass is 426 g/mol. The molecule has 5 heteroatoms. The number of fused-ring (bicyclic) bond motifs is 1. The third-order valence-electron chi connectivity index (χ3n) is 6.38. The molecule has 0 saturated heterocycles. The van der Waals surface area contributed by atoms with Gasteiger partial charge in [0, 0.05) is 37.5 Å². The van der Waals surface area contributed by atoms with E-state index in [0.29, 0.717) is 12.1 Å². The van der Waals surface area contributed by atoms with Gasteiger partial charge in [-0.3, -0.25) is 9.78 Å². The summed E-state index contributed by atoms with van der Waals surface area (Å²) in [4.78, 5) is 21.2. The van der Waals surface area contributed by atoms with Gasteiger partial charge in [-0.2, -0.15) is 0 Å². The second kappa shape index (κ2) is 9.35. The van der Waals surface area contributed by atoms with E-state index in [9.17, 15) is 4.79 Å². The van der Waals surface area contributed by atoms with E-state index in [1.165, 1.54) is 27.8 Å². The van der Waals surface area contributed by atoms with Gasteiger partial charge < -0.3 is 9.88 Å². The summed E-state index contributed by atoms with van der Waals surface area (Å²) in [5.41, 5.74) is 9.53. The minimum Gasteiger partial charge on any atom is -0.352 e. The van der Waals surface area contributed by atoms with Crippen LogP contribution in [0.25, 0.3) is 11.0 Å². The standard InChI is InChI=1S/C27H30N4O/c1-18-16-19(2)21(4)23(20(18)3)17-31-25-9-6-5-8-24(25)30-26(31)10-7-13-29-27(32)22-11-14-28-15-12-22/h5-6,8-9,11-12,14-16H,7,10,13,17H2,1-4H3,(H,29,32). The summed E-state index contributed by atoms with van der Waals surface area (Å²) < 4.78 is 2.34. The van der Waals surface area contributed by atoms with Gasteiger partial charge in [-0.05, 0) is 86.2 Å². The Bertz CT molecular complexity index is 1230. The molecular formula is C27H30N4O. The molecule has 0 saturated carbocycles. The highest BCUT2D eigenvalue weighted by Gasteiger charge is 2.15. The van der Waals surface area contributed by atoms with Crippen molar-refractivity contribution in [3.8, 4) is 0 Å². The zero-order valence-electron chi connectivity index (χ0n) is 19.3. The van der Waals surface area contributed by atoms with Crippen molar-refractivity contribution in [1.29, 1.82) is 0 Å². The summed E-state index contributed by atoms with van der Waals surface area (Å²) in [7, 11) is 0. The number of carbonyl (C=O) groups is 1. The number of para-hydroxylation sites is 2. The molecule has 0 atom stereocenters. The van der Waals surface area contributed by atoms with E-state index in [1.54, 1.807) is 24.5 Å². The van der Waals surface area contributed by atoms with E-state index in [2.05, 4.69) is 66.8 Å². The second-order valence-corrected chi connectivity index (χ2v) is 8.44. The van der Waals surface area contributed by atoms with Gasteiger partial charge in [-0.1, -0.05) is 18.2 Å². The molecule has 4 rings (SSSR count). The number of amides is 1. The lowest BCUT2D eigenvalue weighted by molar-refractivity contribution is 0.0953. The Kier molecular flexibility index (Phi) is 6.35. The van der Waals surface area contributed by atoms with Crippen molar-refractivity contribution in [3.63, 3.8) is 0 Å². The molecule has 5 nitrogen and oxygen atoms in total. The maximum absolute atomic E-state index is 12.3. The van der Waals surface area contributed by atoms with E-state index in [1.807, 2.05) is 6.07 Å². The Morgan fingerprint density at radius 1 is 0.969 bits per heavy atom.